The topological polar surface area (TPSA) is 120 Å². The summed E-state index contributed by atoms with van der Waals surface area (Å²) in [5.74, 6) is -0.641. The molecule has 0 aliphatic heterocycles. The largest absolute Gasteiger partial charge is 0.482 e. The van der Waals surface area contributed by atoms with Crippen molar-refractivity contribution in [1.29, 1.82) is 0 Å². The van der Waals surface area contributed by atoms with E-state index in [2.05, 4.69) is 15.7 Å². The second-order valence-electron chi connectivity index (χ2n) is 6.73. The normalized spacial score (nSPS) is 10.4. The van der Waals surface area contributed by atoms with Gasteiger partial charge in [0.2, 0.25) is 0 Å². The van der Waals surface area contributed by atoms with E-state index in [0.717, 1.165) is 5.56 Å². The van der Waals surface area contributed by atoms with Crippen LogP contribution >= 0.6 is 0 Å². The Morgan fingerprint density at radius 1 is 0.818 bits per heavy atom. The zero-order valence-corrected chi connectivity index (χ0v) is 17.5. The summed E-state index contributed by atoms with van der Waals surface area (Å²) < 4.78 is 5.09. The molecule has 0 atom stereocenters. The van der Waals surface area contributed by atoms with Gasteiger partial charge in [0, 0.05) is 24.0 Å². The first-order valence-electron chi connectivity index (χ1n) is 9.99. The molecule has 0 saturated carbocycles. The Labute approximate surface area is 190 Å². The van der Waals surface area contributed by atoms with Gasteiger partial charge in [-0.25, -0.2) is 14.4 Å². The average molecular weight is 446 g/mol. The van der Waals surface area contributed by atoms with E-state index in [1.54, 1.807) is 72.8 Å². The predicted molar refractivity (Wildman–Crippen MR) is 125 cm³/mol. The van der Waals surface area contributed by atoms with E-state index in [0.29, 0.717) is 28.6 Å². The number of amides is 4. The number of carboxylic acid groups (broad SMARTS) is 1. The standard InChI is InChI=1S/C24H22N4O5/c29-22(30)17-33-21-13-11-18(12-14-21)15-16-25-28(23(31)26-19-7-3-1-4-8-19)24(32)27-20-9-5-2-6-10-20/h1-14,16H,15,17H2,(H,26,31)(H,27,32)(H,29,30)/b25-16+. The fourth-order valence-corrected chi connectivity index (χ4v) is 2.69. The molecule has 9 heteroatoms. The number of carbonyl (C=O) groups is 3. The van der Waals surface area contributed by atoms with Crippen molar-refractivity contribution in [2.24, 2.45) is 5.10 Å². The van der Waals surface area contributed by atoms with Crippen LogP contribution in [0.4, 0.5) is 21.0 Å². The summed E-state index contributed by atoms with van der Waals surface area (Å²) in [7, 11) is 0. The zero-order chi connectivity index (χ0) is 23.5. The summed E-state index contributed by atoms with van der Waals surface area (Å²) in [6.07, 6.45) is 1.76. The molecule has 0 aliphatic carbocycles. The summed E-state index contributed by atoms with van der Waals surface area (Å²) in [5.41, 5.74) is 1.87. The Balaban J connectivity index is 1.68. The summed E-state index contributed by atoms with van der Waals surface area (Å²) in [4.78, 5) is 36.0. The molecule has 0 aromatic heterocycles. The quantitative estimate of drug-likeness (QED) is 0.349. The van der Waals surface area contributed by atoms with E-state index in [-0.39, 0.29) is 0 Å². The number of nitrogens with zero attached hydrogens (tertiary/aromatic N) is 2. The Bertz CT molecular complexity index is 1050. The van der Waals surface area contributed by atoms with Crippen molar-refractivity contribution in [2.45, 2.75) is 6.42 Å². The van der Waals surface area contributed by atoms with Crippen LogP contribution in [0.3, 0.4) is 0 Å². The highest BCUT2D eigenvalue weighted by atomic mass is 16.5. The number of aliphatic carboxylic acids is 1. The highest BCUT2D eigenvalue weighted by Gasteiger charge is 2.21. The fraction of sp³-hybridized carbons (Fsp3) is 0.0833. The van der Waals surface area contributed by atoms with Gasteiger partial charge >= 0.3 is 18.0 Å². The first-order valence-corrected chi connectivity index (χ1v) is 9.99. The monoisotopic (exact) mass is 446 g/mol. The molecule has 3 aromatic rings. The summed E-state index contributed by atoms with van der Waals surface area (Å²) in [6, 6.07) is 22.8. The molecule has 0 fully saturated rings. The maximum atomic E-state index is 12.7. The van der Waals surface area contributed by atoms with Gasteiger partial charge in [0.25, 0.3) is 0 Å². The van der Waals surface area contributed by atoms with Crippen molar-refractivity contribution in [3.05, 3.63) is 90.5 Å². The smallest absolute Gasteiger partial charge is 0.351 e. The minimum Gasteiger partial charge on any atom is -0.482 e. The molecular formula is C24H22N4O5. The van der Waals surface area contributed by atoms with Gasteiger partial charge in [0.15, 0.2) is 6.61 Å². The minimum absolute atomic E-state index is 0.326. The first-order chi connectivity index (χ1) is 16.0. The molecule has 3 N–H and O–H groups in total. The second-order valence-corrected chi connectivity index (χ2v) is 6.73. The van der Waals surface area contributed by atoms with Gasteiger partial charge in [-0.3, -0.25) is 0 Å². The molecule has 33 heavy (non-hydrogen) atoms. The van der Waals surface area contributed by atoms with Crippen molar-refractivity contribution in [3.63, 3.8) is 0 Å². The van der Waals surface area contributed by atoms with E-state index < -0.39 is 24.6 Å². The van der Waals surface area contributed by atoms with Gasteiger partial charge in [-0.15, -0.1) is 5.01 Å². The van der Waals surface area contributed by atoms with Gasteiger partial charge in [0.05, 0.1) is 0 Å². The number of hydrazone groups is 1. The highest BCUT2D eigenvalue weighted by molar-refractivity contribution is 6.05. The number of para-hydroxylation sites is 2. The molecule has 0 radical (unpaired) electrons. The third-order valence-corrected chi connectivity index (χ3v) is 4.24. The van der Waals surface area contributed by atoms with Gasteiger partial charge in [0.1, 0.15) is 5.75 Å². The van der Waals surface area contributed by atoms with Crippen molar-refractivity contribution in [3.8, 4) is 5.75 Å². The SMILES string of the molecule is O=C(O)COc1ccc(C/C=N/N(C(=O)Nc2ccccc2)C(=O)Nc2ccccc2)cc1. The van der Waals surface area contributed by atoms with E-state index in [1.807, 2.05) is 12.1 Å². The molecule has 0 saturated heterocycles. The molecule has 0 bridgehead atoms. The average Bonchev–Trinajstić information content (AvgIpc) is 2.82. The summed E-state index contributed by atoms with van der Waals surface area (Å²) >= 11 is 0. The molecule has 3 aromatic carbocycles. The second kappa shape index (κ2) is 11.7. The number of nitrogens with one attached hydrogen (secondary N) is 2. The number of hydrogen-bond donors (Lipinski definition) is 3. The summed E-state index contributed by atoms with van der Waals surface area (Å²) in [5, 5.41) is 18.7. The molecule has 168 valence electrons. The van der Waals surface area contributed by atoms with Crippen molar-refractivity contribution < 1.29 is 24.2 Å². The van der Waals surface area contributed by atoms with Crippen LogP contribution in [0.1, 0.15) is 5.56 Å². The summed E-state index contributed by atoms with van der Waals surface area (Å²) in [6.45, 7) is -0.428. The van der Waals surface area contributed by atoms with Crippen LogP contribution in [-0.2, 0) is 11.2 Å². The van der Waals surface area contributed by atoms with Crippen molar-refractivity contribution in [1.82, 2.24) is 5.01 Å². The van der Waals surface area contributed by atoms with E-state index in [4.69, 9.17) is 9.84 Å². The number of imide groups is 1. The molecule has 9 nitrogen and oxygen atoms in total. The van der Waals surface area contributed by atoms with Crippen LogP contribution < -0.4 is 15.4 Å². The third-order valence-electron chi connectivity index (χ3n) is 4.24. The lowest BCUT2D eigenvalue weighted by Crippen LogP contribution is -2.39. The predicted octanol–water partition coefficient (Wildman–Crippen LogP) is 4.44. The maximum absolute atomic E-state index is 12.7. The van der Waals surface area contributed by atoms with Crippen LogP contribution in [0.15, 0.2) is 90.0 Å². The Morgan fingerprint density at radius 3 is 1.82 bits per heavy atom. The molecule has 4 amide bonds. The molecule has 0 unspecified atom stereocenters. The number of benzene rings is 3. The highest BCUT2D eigenvalue weighted by Crippen LogP contribution is 2.13. The van der Waals surface area contributed by atoms with Gasteiger partial charge in [-0.05, 0) is 42.0 Å². The van der Waals surface area contributed by atoms with E-state index >= 15 is 0 Å². The number of carbonyl (C=O) groups excluding carboxylic acids is 2. The Hall–Kier alpha value is -4.66. The number of anilines is 2. The van der Waals surface area contributed by atoms with Gasteiger partial charge in [-0.2, -0.15) is 5.10 Å². The Kier molecular flexibility index (Phi) is 8.13. The molecule has 0 spiro atoms. The molecular weight excluding hydrogens is 424 g/mol. The number of rotatable bonds is 8. The Morgan fingerprint density at radius 2 is 1.33 bits per heavy atom. The van der Waals surface area contributed by atoms with Crippen LogP contribution in [0.5, 0.6) is 5.75 Å². The molecule has 3 rings (SSSR count). The third kappa shape index (κ3) is 7.51. The van der Waals surface area contributed by atoms with Crippen LogP contribution in [0.2, 0.25) is 0 Å². The van der Waals surface area contributed by atoms with Crippen LogP contribution in [0.25, 0.3) is 0 Å². The fourth-order valence-electron chi connectivity index (χ4n) is 2.69. The lowest BCUT2D eigenvalue weighted by atomic mass is 10.2. The van der Waals surface area contributed by atoms with Crippen LogP contribution in [0, 0.1) is 0 Å². The first kappa shape index (κ1) is 23.0. The number of urea groups is 2. The zero-order valence-electron chi connectivity index (χ0n) is 17.5. The molecule has 0 heterocycles. The number of carboxylic acids is 1. The van der Waals surface area contributed by atoms with E-state index in [9.17, 15) is 14.4 Å². The number of hydrogen-bond acceptors (Lipinski definition) is 5. The lowest BCUT2D eigenvalue weighted by molar-refractivity contribution is -0.139. The van der Waals surface area contributed by atoms with Crippen molar-refractivity contribution >= 4 is 35.6 Å². The number of ether oxygens (including phenoxy) is 1. The van der Waals surface area contributed by atoms with Gasteiger partial charge in [-0.1, -0.05) is 48.5 Å². The maximum Gasteiger partial charge on any atom is 0.351 e. The van der Waals surface area contributed by atoms with Crippen LogP contribution in [-0.4, -0.2) is 41.0 Å². The van der Waals surface area contributed by atoms with Crippen molar-refractivity contribution in [2.75, 3.05) is 17.2 Å². The molecule has 0 aliphatic rings. The minimum atomic E-state index is -1.06. The lowest BCUT2D eigenvalue weighted by Gasteiger charge is -2.17. The van der Waals surface area contributed by atoms with Gasteiger partial charge < -0.3 is 20.5 Å². The van der Waals surface area contributed by atoms with E-state index in [1.165, 1.54) is 6.21 Å².